The summed E-state index contributed by atoms with van der Waals surface area (Å²) in [5.74, 6) is -0.916. The van der Waals surface area contributed by atoms with Crippen molar-refractivity contribution < 1.29 is 18.0 Å². The lowest BCUT2D eigenvalue weighted by molar-refractivity contribution is -0.505. The maximum Gasteiger partial charge on any atom is 0.315 e. The average Bonchev–Trinajstić information content (AvgIpc) is 2.98. The lowest BCUT2D eigenvalue weighted by Gasteiger charge is -2.44. The van der Waals surface area contributed by atoms with E-state index in [2.05, 4.69) is 15.2 Å². The number of aryl methyl sites for hydroxylation is 2. The van der Waals surface area contributed by atoms with Gasteiger partial charge in [-0.3, -0.25) is 9.79 Å². The van der Waals surface area contributed by atoms with Gasteiger partial charge in [-0.2, -0.15) is 4.74 Å². The van der Waals surface area contributed by atoms with Gasteiger partial charge in [0.1, 0.15) is 0 Å². The Balaban J connectivity index is 1.96. The smallest absolute Gasteiger partial charge is 0.315 e. The fraction of sp³-hybridized carbons (Fsp3) is 0.444. The highest BCUT2D eigenvalue weighted by Crippen LogP contribution is 2.43. The van der Waals surface area contributed by atoms with E-state index < -0.39 is 20.6 Å². The van der Waals surface area contributed by atoms with Gasteiger partial charge in [0.05, 0.1) is 28.3 Å². The van der Waals surface area contributed by atoms with Crippen LogP contribution in [0.2, 0.25) is 5.02 Å². The van der Waals surface area contributed by atoms with Crippen molar-refractivity contribution in [3.8, 4) is 0 Å². The SMILES string of the molecule is CC(=O)NCCC1CCN(C)C[C@H]1[C@@]1(S(=O)(=O)c2cc(C)c(Cl)cc2C)C=Nc2ccccc2C=[N+]1[O-]. The molecule has 2 aromatic carbocycles. The molecule has 0 aromatic heterocycles. The molecule has 1 N–H and O–H groups in total. The van der Waals surface area contributed by atoms with E-state index >= 15 is 0 Å². The number of rotatable bonds is 6. The molecule has 1 amide bonds. The highest BCUT2D eigenvalue weighted by molar-refractivity contribution is 7.93. The van der Waals surface area contributed by atoms with Crippen molar-refractivity contribution in [3.05, 3.63) is 63.3 Å². The van der Waals surface area contributed by atoms with Crippen LogP contribution < -0.4 is 5.32 Å². The fourth-order valence-electron chi connectivity index (χ4n) is 5.44. The molecule has 3 atom stereocenters. The minimum Gasteiger partial charge on any atom is -0.622 e. The predicted molar refractivity (Wildman–Crippen MR) is 147 cm³/mol. The van der Waals surface area contributed by atoms with Gasteiger partial charge in [-0.05, 0) is 81.6 Å². The molecule has 0 saturated carbocycles. The van der Waals surface area contributed by atoms with Crippen molar-refractivity contribution in [1.82, 2.24) is 10.2 Å². The first-order chi connectivity index (χ1) is 17.5. The molecule has 0 bridgehead atoms. The third kappa shape index (κ3) is 5.04. The van der Waals surface area contributed by atoms with Gasteiger partial charge in [0.2, 0.25) is 5.91 Å². The standard InChI is InChI=1S/C27H33ClN4O4S/c1-18-14-26(19(2)13-24(18)28)37(35,36)27(17-30-25-8-6-5-7-22(25)15-32(27)34)23-16-31(4)12-10-21(23)9-11-29-20(3)33/h5-8,13-15,17,21,23H,9-12,16H2,1-4H3,(H,29,33)/t21?,23-,27+/m1/s1. The van der Waals surface area contributed by atoms with Crippen LogP contribution in [-0.2, 0) is 14.6 Å². The van der Waals surface area contributed by atoms with Crippen LogP contribution in [0, 0.1) is 30.9 Å². The number of nitrogens with zero attached hydrogens (tertiary/aromatic N) is 3. The van der Waals surface area contributed by atoms with Crippen molar-refractivity contribution >= 4 is 45.5 Å². The first-order valence-electron chi connectivity index (χ1n) is 12.4. The van der Waals surface area contributed by atoms with Crippen LogP contribution in [0.15, 0.2) is 46.3 Å². The van der Waals surface area contributed by atoms with Gasteiger partial charge in [-0.1, -0.05) is 23.7 Å². The maximum absolute atomic E-state index is 14.8. The van der Waals surface area contributed by atoms with Crippen molar-refractivity contribution in [1.29, 1.82) is 0 Å². The summed E-state index contributed by atoms with van der Waals surface area (Å²) in [7, 11) is -2.39. The summed E-state index contributed by atoms with van der Waals surface area (Å²) in [6, 6.07) is 10.3. The molecule has 1 saturated heterocycles. The number of carbonyl (C=O) groups is 1. The molecule has 4 rings (SSSR count). The number of amides is 1. The summed E-state index contributed by atoms with van der Waals surface area (Å²) in [6.07, 6.45) is 3.92. The highest BCUT2D eigenvalue weighted by Gasteiger charge is 2.61. The van der Waals surface area contributed by atoms with E-state index in [0.29, 0.717) is 58.1 Å². The number of sulfone groups is 1. The number of fused-ring (bicyclic) bond motifs is 1. The van der Waals surface area contributed by atoms with E-state index in [4.69, 9.17) is 11.6 Å². The number of halogens is 1. The molecule has 8 nitrogen and oxygen atoms in total. The van der Waals surface area contributed by atoms with Gasteiger partial charge in [0, 0.05) is 25.0 Å². The normalized spacial score (nSPS) is 24.2. The van der Waals surface area contributed by atoms with Crippen LogP contribution in [0.25, 0.3) is 0 Å². The molecular weight excluding hydrogens is 512 g/mol. The summed E-state index contributed by atoms with van der Waals surface area (Å²) in [6.45, 7) is 6.42. The van der Waals surface area contributed by atoms with Crippen LogP contribution in [-0.4, -0.2) is 67.9 Å². The Morgan fingerprint density at radius 3 is 2.73 bits per heavy atom. The lowest BCUT2D eigenvalue weighted by atomic mass is 9.78. The largest absolute Gasteiger partial charge is 0.622 e. The number of hydrogen-bond acceptors (Lipinski definition) is 6. The summed E-state index contributed by atoms with van der Waals surface area (Å²) in [5, 5.41) is 17.5. The molecule has 2 aliphatic rings. The molecule has 2 heterocycles. The maximum atomic E-state index is 14.8. The number of carbonyl (C=O) groups excluding carboxylic acids is 1. The van der Waals surface area contributed by atoms with Crippen LogP contribution >= 0.6 is 11.6 Å². The van der Waals surface area contributed by atoms with E-state index in [9.17, 15) is 18.4 Å². The fourth-order valence-corrected chi connectivity index (χ4v) is 7.97. The van der Waals surface area contributed by atoms with Crippen LogP contribution in [0.5, 0.6) is 0 Å². The number of hydrogen-bond donors (Lipinski definition) is 1. The number of benzene rings is 2. The molecule has 198 valence electrons. The average molecular weight is 545 g/mol. The number of para-hydroxylation sites is 1. The third-order valence-corrected chi connectivity index (χ3v) is 10.4. The Labute approximate surface area is 223 Å². The molecule has 1 unspecified atom stereocenters. The van der Waals surface area contributed by atoms with Crippen molar-refractivity contribution in [2.24, 2.45) is 16.8 Å². The van der Waals surface area contributed by atoms with Gasteiger partial charge in [0.15, 0.2) is 6.21 Å². The second kappa shape index (κ2) is 10.6. The Hall–Kier alpha value is -2.75. The van der Waals surface area contributed by atoms with Crippen molar-refractivity contribution in [2.75, 3.05) is 26.7 Å². The van der Waals surface area contributed by atoms with E-state index in [-0.39, 0.29) is 16.7 Å². The van der Waals surface area contributed by atoms with Gasteiger partial charge < -0.3 is 15.4 Å². The molecule has 0 aliphatic carbocycles. The van der Waals surface area contributed by atoms with Gasteiger partial charge >= 0.3 is 4.87 Å². The van der Waals surface area contributed by atoms with E-state index in [1.807, 2.05) is 7.05 Å². The number of piperidine rings is 1. The summed E-state index contributed by atoms with van der Waals surface area (Å²) < 4.78 is 30.1. The second-order valence-corrected chi connectivity index (χ2v) is 12.6. The Morgan fingerprint density at radius 2 is 2.00 bits per heavy atom. The van der Waals surface area contributed by atoms with Gasteiger partial charge in [-0.25, -0.2) is 8.42 Å². The molecule has 10 heteroatoms. The number of nitrogens with one attached hydrogen (secondary N) is 1. The molecule has 0 spiro atoms. The van der Waals surface area contributed by atoms with E-state index in [1.54, 1.807) is 50.2 Å². The van der Waals surface area contributed by atoms with Gasteiger partial charge in [0.25, 0.3) is 9.84 Å². The molecule has 2 aliphatic heterocycles. The first-order valence-corrected chi connectivity index (χ1v) is 14.2. The minimum atomic E-state index is -4.32. The first kappa shape index (κ1) is 27.3. The summed E-state index contributed by atoms with van der Waals surface area (Å²) >= 11 is 6.31. The van der Waals surface area contributed by atoms with Crippen LogP contribution in [0.4, 0.5) is 5.69 Å². The van der Waals surface area contributed by atoms with E-state index in [1.165, 1.54) is 19.4 Å². The zero-order valence-electron chi connectivity index (χ0n) is 21.6. The Bertz CT molecular complexity index is 1370. The van der Waals surface area contributed by atoms with Crippen molar-refractivity contribution in [2.45, 2.75) is 43.4 Å². The number of likely N-dealkylation sites (tertiary alicyclic amines) is 1. The minimum absolute atomic E-state index is 0.0647. The van der Waals surface area contributed by atoms with Crippen LogP contribution in [0.1, 0.15) is 36.5 Å². The second-order valence-electron chi connectivity index (χ2n) is 10.1. The third-order valence-electron chi connectivity index (χ3n) is 7.48. The quantitative estimate of drug-likeness (QED) is 0.439. The molecule has 37 heavy (non-hydrogen) atoms. The molecule has 1 fully saturated rings. The van der Waals surface area contributed by atoms with Gasteiger partial charge in [-0.15, -0.1) is 0 Å². The molecule has 2 aromatic rings. The predicted octanol–water partition coefficient (Wildman–Crippen LogP) is 3.87. The molecular formula is C27H33ClN4O4S. The number of hydroxylamine groups is 1. The Morgan fingerprint density at radius 1 is 1.27 bits per heavy atom. The van der Waals surface area contributed by atoms with Crippen molar-refractivity contribution in [3.63, 3.8) is 0 Å². The number of aliphatic imine (C=N–C) groups is 1. The van der Waals surface area contributed by atoms with E-state index in [0.717, 1.165) is 6.54 Å². The highest BCUT2D eigenvalue weighted by atomic mass is 35.5. The molecule has 0 radical (unpaired) electrons. The lowest BCUT2D eigenvalue weighted by Crippen LogP contribution is -2.61. The monoisotopic (exact) mass is 544 g/mol. The zero-order chi connectivity index (χ0) is 27.0. The summed E-state index contributed by atoms with van der Waals surface area (Å²) in [5.41, 5.74) is 2.16. The summed E-state index contributed by atoms with van der Waals surface area (Å²) in [4.78, 5) is 16.3. The zero-order valence-corrected chi connectivity index (χ0v) is 23.1. The van der Waals surface area contributed by atoms with Crippen LogP contribution in [0.3, 0.4) is 0 Å². The topological polar surface area (TPSA) is 105 Å². The Kier molecular flexibility index (Phi) is 7.78.